The van der Waals surface area contributed by atoms with E-state index in [1.54, 1.807) is 13.0 Å². The summed E-state index contributed by atoms with van der Waals surface area (Å²) in [6.07, 6.45) is 3.03. The molecule has 0 aliphatic carbocycles. The summed E-state index contributed by atoms with van der Waals surface area (Å²) in [5.74, 6) is 0.884. The minimum Gasteiger partial charge on any atom is -0.287 e. The number of pyridine rings is 1. The Morgan fingerprint density at radius 1 is 1.29 bits per heavy atom. The molecule has 2 rings (SSSR count). The van der Waals surface area contributed by atoms with E-state index >= 15 is 0 Å². The number of hydrogen-bond donors (Lipinski definition) is 2. The largest absolute Gasteiger partial charge is 0.287 e. The molecule has 1 aromatic heterocycles. The first-order valence-electron chi connectivity index (χ1n) is 4.15. The van der Waals surface area contributed by atoms with E-state index in [0.29, 0.717) is 11.7 Å². The van der Waals surface area contributed by atoms with E-state index in [-0.39, 0.29) is 11.5 Å². The minimum absolute atomic E-state index is 0.273. The van der Waals surface area contributed by atoms with Gasteiger partial charge in [-0.3, -0.25) is 10.9 Å². The number of nitrogens with zero attached hydrogens (tertiary/aromatic N) is 2. The highest BCUT2D eigenvalue weighted by atomic mass is 19.1. The second kappa shape index (κ2) is 3.45. The van der Waals surface area contributed by atoms with Crippen LogP contribution in [0.3, 0.4) is 0 Å². The van der Waals surface area contributed by atoms with Crippen LogP contribution in [0.2, 0.25) is 0 Å². The number of anilines is 1. The van der Waals surface area contributed by atoms with Crippen LogP contribution < -0.4 is 10.9 Å². The number of hydrogen-bond acceptors (Lipinski definition) is 4. The molecule has 2 bridgehead atoms. The van der Waals surface area contributed by atoms with Gasteiger partial charge in [0.1, 0.15) is 23.2 Å². The molecule has 1 aliphatic heterocycles. The molecule has 0 radical (unpaired) electrons. The molecule has 0 atom stereocenters. The minimum atomic E-state index is -0.360. The Morgan fingerprint density at radius 3 is 3.00 bits per heavy atom. The zero-order chi connectivity index (χ0) is 9.97. The predicted octanol–water partition coefficient (Wildman–Crippen LogP) is 1.54. The molecular weight excluding hydrogens is 183 g/mol. The maximum absolute atomic E-state index is 13.1. The quantitative estimate of drug-likeness (QED) is 0.655. The van der Waals surface area contributed by atoms with E-state index < -0.39 is 0 Å². The van der Waals surface area contributed by atoms with Crippen molar-refractivity contribution in [3.8, 4) is 0 Å². The molecule has 0 amide bonds. The van der Waals surface area contributed by atoms with Crippen molar-refractivity contribution < 1.29 is 4.39 Å². The molecule has 1 aliphatic rings. The van der Waals surface area contributed by atoms with Crippen LogP contribution in [-0.4, -0.2) is 10.8 Å². The molecule has 0 spiro atoms. The van der Waals surface area contributed by atoms with Gasteiger partial charge in [0.15, 0.2) is 0 Å². The highest BCUT2D eigenvalue weighted by molar-refractivity contribution is 5.81. The lowest BCUT2D eigenvalue weighted by atomic mass is 10.3. The summed E-state index contributed by atoms with van der Waals surface area (Å²) in [6, 6.07) is 2.91. The number of rotatable bonds is 0. The summed E-state index contributed by atoms with van der Waals surface area (Å²) in [5, 5.41) is 0. The number of aliphatic imine (C=N–C) groups is 1. The molecule has 0 aromatic carbocycles. The van der Waals surface area contributed by atoms with Crippen LogP contribution in [-0.2, 0) is 0 Å². The van der Waals surface area contributed by atoms with Gasteiger partial charge in [0.05, 0.1) is 0 Å². The zero-order valence-electron chi connectivity index (χ0n) is 7.58. The van der Waals surface area contributed by atoms with Crippen LogP contribution in [0.5, 0.6) is 0 Å². The van der Waals surface area contributed by atoms with Crippen LogP contribution in [0, 0.1) is 5.82 Å². The molecule has 72 valence electrons. The van der Waals surface area contributed by atoms with Crippen molar-refractivity contribution in [3.63, 3.8) is 0 Å². The Kier molecular flexibility index (Phi) is 2.14. The van der Waals surface area contributed by atoms with Crippen molar-refractivity contribution in [1.29, 1.82) is 0 Å². The van der Waals surface area contributed by atoms with Crippen molar-refractivity contribution in [2.24, 2.45) is 4.99 Å². The number of halogens is 1. The fraction of sp³-hybridized carbons (Fsp3) is 0.111. The third-order valence-corrected chi connectivity index (χ3v) is 1.75. The molecule has 0 saturated heterocycles. The van der Waals surface area contributed by atoms with Crippen molar-refractivity contribution in [2.45, 2.75) is 6.92 Å². The number of nitrogens with one attached hydrogen (secondary N) is 2. The highest BCUT2D eigenvalue weighted by Gasteiger charge is 2.03. The third-order valence-electron chi connectivity index (χ3n) is 1.75. The maximum Gasteiger partial charge on any atom is 0.149 e. The van der Waals surface area contributed by atoms with Gasteiger partial charge in [0, 0.05) is 6.20 Å². The highest BCUT2D eigenvalue weighted by Crippen LogP contribution is 2.11. The summed E-state index contributed by atoms with van der Waals surface area (Å²) < 4.78 is 13.1. The number of fused-ring (bicyclic) bond motifs is 2. The summed E-state index contributed by atoms with van der Waals surface area (Å²) in [7, 11) is 0. The lowest BCUT2D eigenvalue weighted by Gasteiger charge is -2.07. The molecule has 2 N–H and O–H groups in total. The van der Waals surface area contributed by atoms with Crippen molar-refractivity contribution in [3.05, 3.63) is 29.8 Å². The molecule has 0 unspecified atom stereocenters. The molecule has 5 heteroatoms. The van der Waals surface area contributed by atoms with Crippen LogP contribution in [0.25, 0.3) is 6.08 Å². The van der Waals surface area contributed by atoms with E-state index in [1.807, 2.05) is 0 Å². The van der Waals surface area contributed by atoms with Gasteiger partial charge in [-0.25, -0.2) is 14.4 Å². The second-order valence-electron chi connectivity index (χ2n) is 2.84. The number of amidine groups is 1. The Morgan fingerprint density at radius 2 is 2.14 bits per heavy atom. The molecular formula is C9H9FN4. The van der Waals surface area contributed by atoms with Gasteiger partial charge in [-0.15, -0.1) is 0 Å². The normalized spacial score (nSPS) is 16.6. The molecule has 14 heavy (non-hydrogen) atoms. The predicted molar refractivity (Wildman–Crippen MR) is 53.1 cm³/mol. The van der Waals surface area contributed by atoms with Crippen LogP contribution >= 0.6 is 0 Å². The Bertz CT molecular complexity index is 411. The topological polar surface area (TPSA) is 49.3 Å². The van der Waals surface area contributed by atoms with Crippen LogP contribution in [0.4, 0.5) is 10.2 Å². The lowest BCUT2D eigenvalue weighted by molar-refractivity contribution is 0.618. The Hall–Kier alpha value is -1.91. The number of aromatic nitrogens is 1. The fourth-order valence-corrected chi connectivity index (χ4v) is 1.05. The van der Waals surface area contributed by atoms with E-state index in [1.165, 1.54) is 18.3 Å². The van der Waals surface area contributed by atoms with E-state index in [4.69, 9.17) is 0 Å². The van der Waals surface area contributed by atoms with E-state index in [0.717, 1.165) is 0 Å². The molecule has 0 saturated carbocycles. The van der Waals surface area contributed by atoms with Gasteiger partial charge in [-0.05, 0) is 25.1 Å². The maximum atomic E-state index is 13.1. The zero-order valence-corrected chi connectivity index (χ0v) is 7.58. The van der Waals surface area contributed by atoms with Crippen molar-refractivity contribution >= 4 is 17.7 Å². The Balaban J connectivity index is 2.45. The van der Waals surface area contributed by atoms with Gasteiger partial charge in [-0.1, -0.05) is 0 Å². The van der Waals surface area contributed by atoms with Gasteiger partial charge >= 0.3 is 0 Å². The first-order chi connectivity index (χ1) is 6.75. The van der Waals surface area contributed by atoms with Gasteiger partial charge < -0.3 is 0 Å². The van der Waals surface area contributed by atoms with Gasteiger partial charge in [0.2, 0.25) is 0 Å². The van der Waals surface area contributed by atoms with Crippen molar-refractivity contribution in [2.75, 3.05) is 5.43 Å². The average molecular weight is 192 g/mol. The summed E-state index contributed by atoms with van der Waals surface area (Å²) in [6.45, 7) is 1.79. The summed E-state index contributed by atoms with van der Waals surface area (Å²) in [5.41, 5.74) is 5.89. The molecule has 4 nitrogen and oxygen atoms in total. The van der Waals surface area contributed by atoms with Crippen LogP contribution in [0.15, 0.2) is 23.3 Å². The first kappa shape index (κ1) is 8.68. The molecule has 0 fully saturated rings. The average Bonchev–Trinajstić information content (AvgIpc) is 2.24. The number of hydrazine groups is 1. The Labute approximate surface area is 80.5 Å². The van der Waals surface area contributed by atoms with Crippen molar-refractivity contribution in [1.82, 2.24) is 10.4 Å². The van der Waals surface area contributed by atoms with Gasteiger partial charge in [-0.2, -0.15) is 0 Å². The smallest absolute Gasteiger partial charge is 0.149 e. The summed E-state index contributed by atoms with van der Waals surface area (Å²) in [4.78, 5) is 8.02. The van der Waals surface area contributed by atoms with Gasteiger partial charge in [0.25, 0.3) is 0 Å². The lowest BCUT2D eigenvalue weighted by Crippen LogP contribution is -2.27. The first-order valence-corrected chi connectivity index (χ1v) is 4.15. The molecule has 1 aromatic rings. The fourth-order valence-electron chi connectivity index (χ4n) is 1.05. The second-order valence-corrected chi connectivity index (χ2v) is 2.84. The third kappa shape index (κ3) is 1.71. The summed E-state index contributed by atoms with van der Waals surface area (Å²) >= 11 is 0. The molecule has 2 heterocycles. The monoisotopic (exact) mass is 192 g/mol. The standard InChI is InChI=1S/C9H9FN4/c1-6-11-5-4-8-7(10)2-3-9(12-8)14-13-6/h2-5H,1H3,(H,11,13)(H,12,14)/b5-4-. The van der Waals surface area contributed by atoms with E-state index in [9.17, 15) is 4.39 Å². The SMILES string of the molecule is CC1=N/C=C\c2nc(ccc2F)NN1. The van der Waals surface area contributed by atoms with E-state index in [2.05, 4.69) is 20.8 Å². The van der Waals surface area contributed by atoms with Crippen LogP contribution in [0.1, 0.15) is 12.6 Å².